The molecule has 2 fully saturated rings. The van der Waals surface area contributed by atoms with Crippen LogP contribution in [0.2, 0.25) is 0 Å². The van der Waals surface area contributed by atoms with Crippen molar-refractivity contribution in [3.05, 3.63) is 0 Å². The Kier molecular flexibility index (Phi) is 1.90. The minimum atomic E-state index is -0.430. The molecule has 1 heterocycles. The highest BCUT2D eigenvalue weighted by molar-refractivity contribution is 4.95. The molecule has 1 N–H and O–H groups in total. The molecule has 0 amide bonds. The van der Waals surface area contributed by atoms with Gasteiger partial charge in [-0.05, 0) is 38.5 Å². The summed E-state index contributed by atoms with van der Waals surface area (Å²) in [6.45, 7) is 0.854. The number of aliphatic hydroxyl groups is 1. The van der Waals surface area contributed by atoms with Gasteiger partial charge >= 0.3 is 0 Å². The molecule has 11 heavy (non-hydrogen) atoms. The highest BCUT2D eigenvalue weighted by Gasteiger charge is 2.43. The van der Waals surface area contributed by atoms with Crippen LogP contribution in [-0.2, 0) is 4.74 Å². The van der Waals surface area contributed by atoms with E-state index in [9.17, 15) is 5.11 Å². The highest BCUT2D eigenvalue weighted by atomic mass is 16.5. The third-order valence-electron chi connectivity index (χ3n) is 3.00. The summed E-state index contributed by atoms with van der Waals surface area (Å²) in [5, 5.41) is 9.91. The fourth-order valence-electron chi connectivity index (χ4n) is 2.03. The van der Waals surface area contributed by atoms with Crippen molar-refractivity contribution in [1.29, 1.82) is 0 Å². The summed E-state index contributed by atoms with van der Waals surface area (Å²) < 4.78 is 5.53. The monoisotopic (exact) mass is 156 g/mol. The number of ether oxygens (including phenoxy) is 1. The Morgan fingerprint density at radius 1 is 1.18 bits per heavy atom. The molecule has 0 aromatic rings. The summed E-state index contributed by atoms with van der Waals surface area (Å²) in [5.74, 6) is 0. The van der Waals surface area contributed by atoms with Crippen molar-refractivity contribution in [3.63, 3.8) is 0 Å². The highest BCUT2D eigenvalue weighted by Crippen LogP contribution is 2.39. The molecule has 0 bridgehead atoms. The topological polar surface area (TPSA) is 29.5 Å². The number of hydrogen-bond acceptors (Lipinski definition) is 2. The summed E-state index contributed by atoms with van der Waals surface area (Å²) in [4.78, 5) is 0. The molecule has 1 aliphatic heterocycles. The van der Waals surface area contributed by atoms with Gasteiger partial charge in [-0.15, -0.1) is 0 Å². The molecule has 0 aromatic heterocycles. The maximum atomic E-state index is 9.91. The largest absolute Gasteiger partial charge is 0.387 e. The molecule has 2 nitrogen and oxygen atoms in total. The maximum Gasteiger partial charge on any atom is 0.0908 e. The lowest BCUT2D eigenvalue weighted by Gasteiger charge is -2.44. The summed E-state index contributed by atoms with van der Waals surface area (Å²) in [6, 6.07) is 0. The van der Waals surface area contributed by atoms with E-state index in [4.69, 9.17) is 4.74 Å². The van der Waals surface area contributed by atoms with Gasteiger partial charge in [0.05, 0.1) is 11.7 Å². The van der Waals surface area contributed by atoms with Gasteiger partial charge in [0, 0.05) is 6.61 Å². The first-order chi connectivity index (χ1) is 5.31. The minimum Gasteiger partial charge on any atom is -0.387 e. The molecule has 2 aliphatic rings. The zero-order chi connectivity index (χ0) is 7.73. The lowest BCUT2D eigenvalue weighted by Crippen LogP contribution is -2.50. The van der Waals surface area contributed by atoms with Gasteiger partial charge in [-0.25, -0.2) is 0 Å². The van der Waals surface area contributed by atoms with Gasteiger partial charge in [0.25, 0.3) is 0 Å². The van der Waals surface area contributed by atoms with E-state index < -0.39 is 5.60 Å². The zero-order valence-corrected chi connectivity index (χ0v) is 6.88. The van der Waals surface area contributed by atoms with E-state index in [-0.39, 0.29) is 6.10 Å². The Balaban J connectivity index is 1.91. The molecule has 1 atom stereocenters. The molecular formula is C9H16O2. The van der Waals surface area contributed by atoms with Crippen LogP contribution in [0.4, 0.5) is 0 Å². The van der Waals surface area contributed by atoms with Gasteiger partial charge in [-0.2, -0.15) is 0 Å². The van der Waals surface area contributed by atoms with Crippen molar-refractivity contribution in [3.8, 4) is 0 Å². The van der Waals surface area contributed by atoms with Crippen LogP contribution in [0.5, 0.6) is 0 Å². The summed E-state index contributed by atoms with van der Waals surface area (Å²) in [5.41, 5.74) is -0.430. The van der Waals surface area contributed by atoms with Crippen LogP contribution in [0.15, 0.2) is 0 Å². The first-order valence-electron chi connectivity index (χ1n) is 4.65. The molecule has 2 heteroatoms. The molecule has 0 radical (unpaired) electrons. The molecule has 1 saturated carbocycles. The van der Waals surface area contributed by atoms with Crippen LogP contribution in [0, 0.1) is 0 Å². The van der Waals surface area contributed by atoms with Gasteiger partial charge in [-0.3, -0.25) is 0 Å². The smallest absolute Gasteiger partial charge is 0.0908 e. The molecular weight excluding hydrogens is 140 g/mol. The van der Waals surface area contributed by atoms with E-state index >= 15 is 0 Å². The second kappa shape index (κ2) is 2.76. The molecule has 1 unspecified atom stereocenters. The van der Waals surface area contributed by atoms with Crippen molar-refractivity contribution in [1.82, 2.24) is 0 Å². The van der Waals surface area contributed by atoms with E-state index in [1.165, 1.54) is 19.3 Å². The van der Waals surface area contributed by atoms with E-state index in [1.807, 2.05) is 0 Å². The third kappa shape index (κ3) is 1.30. The summed E-state index contributed by atoms with van der Waals surface area (Å²) >= 11 is 0. The van der Waals surface area contributed by atoms with E-state index in [1.54, 1.807) is 0 Å². The third-order valence-corrected chi connectivity index (χ3v) is 3.00. The fraction of sp³-hybridized carbons (Fsp3) is 1.00. The molecule has 0 spiro atoms. The van der Waals surface area contributed by atoms with Crippen LogP contribution >= 0.6 is 0 Å². The van der Waals surface area contributed by atoms with Crippen LogP contribution in [0.3, 0.4) is 0 Å². The van der Waals surface area contributed by atoms with Crippen molar-refractivity contribution >= 4 is 0 Å². The quantitative estimate of drug-likeness (QED) is 0.623. The Labute approximate surface area is 67.6 Å². The second-order valence-electron chi connectivity index (χ2n) is 3.81. The van der Waals surface area contributed by atoms with E-state index in [2.05, 4.69) is 0 Å². The lowest BCUT2D eigenvalue weighted by molar-refractivity contribution is -0.163. The Morgan fingerprint density at radius 3 is 2.45 bits per heavy atom. The zero-order valence-electron chi connectivity index (χ0n) is 6.88. The second-order valence-corrected chi connectivity index (χ2v) is 3.81. The number of rotatable bonds is 1. The van der Waals surface area contributed by atoms with E-state index in [0.717, 1.165) is 25.9 Å². The predicted molar refractivity (Wildman–Crippen MR) is 42.4 cm³/mol. The maximum absolute atomic E-state index is 9.91. The van der Waals surface area contributed by atoms with Crippen LogP contribution < -0.4 is 0 Å². The normalized spacial score (nSPS) is 36.3. The average Bonchev–Trinajstić information content (AvgIpc) is 2.02. The first-order valence-corrected chi connectivity index (χ1v) is 4.65. The van der Waals surface area contributed by atoms with Gasteiger partial charge in [0.15, 0.2) is 0 Å². The van der Waals surface area contributed by atoms with Crippen LogP contribution in [0.1, 0.15) is 38.5 Å². The van der Waals surface area contributed by atoms with Crippen molar-refractivity contribution in [2.24, 2.45) is 0 Å². The standard InChI is InChI=1S/C9H16O2/c10-9(5-3-6-9)8-4-1-2-7-11-8/h8,10H,1-7H2. The molecule has 1 aliphatic carbocycles. The van der Waals surface area contributed by atoms with Gasteiger partial charge in [-0.1, -0.05) is 0 Å². The number of hydrogen-bond donors (Lipinski definition) is 1. The van der Waals surface area contributed by atoms with Gasteiger partial charge < -0.3 is 9.84 Å². The van der Waals surface area contributed by atoms with Gasteiger partial charge in [0.2, 0.25) is 0 Å². The lowest BCUT2D eigenvalue weighted by atomic mass is 9.74. The Morgan fingerprint density at radius 2 is 2.00 bits per heavy atom. The SMILES string of the molecule is OC1(C2CCCCO2)CCC1. The summed E-state index contributed by atoms with van der Waals surface area (Å²) in [7, 11) is 0. The van der Waals surface area contributed by atoms with Gasteiger partial charge in [0.1, 0.15) is 0 Å². The molecule has 64 valence electrons. The van der Waals surface area contributed by atoms with E-state index in [0.29, 0.717) is 0 Å². The Hall–Kier alpha value is -0.0800. The van der Waals surface area contributed by atoms with Crippen molar-refractivity contribution < 1.29 is 9.84 Å². The van der Waals surface area contributed by atoms with Crippen LogP contribution in [0.25, 0.3) is 0 Å². The predicted octanol–water partition coefficient (Wildman–Crippen LogP) is 1.47. The van der Waals surface area contributed by atoms with Crippen LogP contribution in [-0.4, -0.2) is 23.4 Å². The minimum absolute atomic E-state index is 0.157. The molecule has 0 aromatic carbocycles. The molecule has 2 rings (SSSR count). The first kappa shape index (κ1) is 7.56. The summed E-state index contributed by atoms with van der Waals surface area (Å²) in [6.07, 6.45) is 6.71. The molecule has 1 saturated heterocycles. The van der Waals surface area contributed by atoms with Crippen molar-refractivity contribution in [2.75, 3.05) is 6.61 Å². The average molecular weight is 156 g/mol. The Bertz CT molecular complexity index is 134. The fourth-order valence-corrected chi connectivity index (χ4v) is 2.03. The van der Waals surface area contributed by atoms with Crippen molar-refractivity contribution in [2.45, 2.75) is 50.2 Å².